The molecular weight excluding hydrogens is 413 g/mol. The normalized spacial score (nSPS) is 18.3. The number of piperazine rings is 1. The molecule has 166 valence electrons. The molecule has 0 aliphatic carbocycles. The first-order chi connectivity index (χ1) is 15.5. The lowest BCUT2D eigenvalue weighted by Crippen LogP contribution is -2.49. The Morgan fingerprint density at radius 2 is 1.66 bits per heavy atom. The Kier molecular flexibility index (Phi) is 5.59. The summed E-state index contributed by atoms with van der Waals surface area (Å²) in [5, 5.41) is 7.15. The van der Waals surface area contributed by atoms with Gasteiger partial charge in [-0.15, -0.1) is 0 Å². The van der Waals surface area contributed by atoms with Crippen LogP contribution >= 0.6 is 0 Å². The zero-order chi connectivity index (χ0) is 22.1. The van der Waals surface area contributed by atoms with E-state index in [0.29, 0.717) is 11.4 Å². The summed E-state index contributed by atoms with van der Waals surface area (Å²) >= 11 is 0. The van der Waals surface area contributed by atoms with Crippen LogP contribution in [-0.4, -0.2) is 59.6 Å². The molecule has 3 heterocycles. The molecule has 2 aromatic carbocycles. The van der Waals surface area contributed by atoms with E-state index in [4.69, 9.17) is 4.52 Å². The van der Waals surface area contributed by atoms with Gasteiger partial charge in [0.1, 0.15) is 5.82 Å². The second kappa shape index (κ2) is 8.68. The molecule has 0 unspecified atom stereocenters. The van der Waals surface area contributed by atoms with Crippen LogP contribution in [-0.2, 0) is 17.9 Å². The maximum atomic E-state index is 13.4. The number of amides is 3. The van der Waals surface area contributed by atoms with Crippen LogP contribution in [0.1, 0.15) is 17.5 Å². The van der Waals surface area contributed by atoms with Crippen molar-refractivity contribution in [2.24, 2.45) is 0 Å². The highest BCUT2D eigenvalue weighted by atomic mass is 19.1. The first kappa shape index (κ1) is 20.6. The summed E-state index contributed by atoms with van der Waals surface area (Å²) in [7, 11) is 0. The molecule has 9 heteroatoms. The lowest BCUT2D eigenvalue weighted by molar-refractivity contribution is -0.120. The summed E-state index contributed by atoms with van der Waals surface area (Å²) in [4.78, 5) is 29.8. The largest absolute Gasteiger partial charge is 0.354 e. The first-order valence-electron chi connectivity index (χ1n) is 10.7. The van der Waals surface area contributed by atoms with Gasteiger partial charge in [0.25, 0.3) is 0 Å². The first-order valence-corrected chi connectivity index (χ1v) is 10.7. The van der Waals surface area contributed by atoms with Crippen LogP contribution in [0.25, 0.3) is 11.0 Å². The zero-order valence-electron chi connectivity index (χ0n) is 17.6. The Morgan fingerprint density at radius 1 is 0.938 bits per heavy atom. The SMILES string of the molecule is O=C1CCN(c2noc3ccc(CN4CCN(Cc5cccc(F)c5)CC4)cc23)C(=O)N1. The highest BCUT2D eigenvalue weighted by Gasteiger charge is 2.28. The van der Waals surface area contributed by atoms with Crippen LogP contribution in [0.3, 0.4) is 0 Å². The van der Waals surface area contributed by atoms with Crippen LogP contribution < -0.4 is 10.2 Å². The van der Waals surface area contributed by atoms with E-state index < -0.39 is 6.03 Å². The minimum absolute atomic E-state index is 0.196. The van der Waals surface area contributed by atoms with Crippen molar-refractivity contribution in [2.75, 3.05) is 37.6 Å². The summed E-state index contributed by atoms with van der Waals surface area (Å²) in [5.41, 5.74) is 2.70. The van der Waals surface area contributed by atoms with Crippen molar-refractivity contribution in [1.29, 1.82) is 0 Å². The molecule has 2 saturated heterocycles. The van der Waals surface area contributed by atoms with Gasteiger partial charge >= 0.3 is 6.03 Å². The number of carbonyl (C=O) groups excluding carboxylic acids is 2. The van der Waals surface area contributed by atoms with E-state index in [1.165, 1.54) is 11.0 Å². The van der Waals surface area contributed by atoms with Crippen molar-refractivity contribution < 1.29 is 18.5 Å². The molecule has 3 amide bonds. The van der Waals surface area contributed by atoms with E-state index in [0.717, 1.165) is 55.8 Å². The van der Waals surface area contributed by atoms with Crippen molar-refractivity contribution in [1.82, 2.24) is 20.3 Å². The molecule has 1 N–H and O–H groups in total. The molecule has 0 saturated carbocycles. The van der Waals surface area contributed by atoms with E-state index in [9.17, 15) is 14.0 Å². The Labute approximate surface area is 184 Å². The Morgan fingerprint density at radius 3 is 2.34 bits per heavy atom. The van der Waals surface area contributed by atoms with E-state index >= 15 is 0 Å². The van der Waals surface area contributed by atoms with E-state index in [1.54, 1.807) is 12.1 Å². The number of halogens is 1. The fraction of sp³-hybridized carbons (Fsp3) is 0.348. The number of fused-ring (bicyclic) bond motifs is 1. The maximum Gasteiger partial charge on any atom is 0.329 e. The molecule has 5 rings (SSSR count). The lowest BCUT2D eigenvalue weighted by atomic mass is 10.1. The second-order valence-corrected chi connectivity index (χ2v) is 8.27. The Bertz CT molecular complexity index is 1160. The van der Waals surface area contributed by atoms with Gasteiger partial charge in [0.2, 0.25) is 5.91 Å². The van der Waals surface area contributed by atoms with Crippen molar-refractivity contribution in [3.05, 3.63) is 59.4 Å². The molecule has 2 aliphatic heterocycles. The van der Waals surface area contributed by atoms with Gasteiger partial charge in [-0.1, -0.05) is 23.4 Å². The summed E-state index contributed by atoms with van der Waals surface area (Å²) in [6.45, 7) is 5.48. The second-order valence-electron chi connectivity index (χ2n) is 8.27. The number of benzene rings is 2. The average Bonchev–Trinajstić information content (AvgIpc) is 3.18. The predicted octanol–water partition coefficient (Wildman–Crippen LogP) is 2.73. The number of carbonyl (C=O) groups is 2. The zero-order valence-corrected chi connectivity index (χ0v) is 17.6. The predicted molar refractivity (Wildman–Crippen MR) is 116 cm³/mol. The standard InChI is InChI=1S/C23H24FN5O3/c24-18-3-1-2-16(12-18)14-27-8-10-28(11-9-27)15-17-4-5-20-19(13-17)22(26-32-20)29-7-6-21(30)25-23(29)31/h1-5,12-13H,6-11,14-15H2,(H,25,30,31). The fourth-order valence-electron chi connectivity index (χ4n) is 4.29. The number of aromatic nitrogens is 1. The Hall–Kier alpha value is -3.30. The van der Waals surface area contributed by atoms with Crippen molar-refractivity contribution >= 4 is 28.7 Å². The van der Waals surface area contributed by atoms with Gasteiger partial charge in [0.05, 0.1) is 5.39 Å². The topological polar surface area (TPSA) is 81.9 Å². The third kappa shape index (κ3) is 4.35. The smallest absolute Gasteiger partial charge is 0.329 e. The van der Waals surface area contributed by atoms with Crippen molar-refractivity contribution in [2.45, 2.75) is 19.5 Å². The number of imide groups is 1. The van der Waals surface area contributed by atoms with E-state index in [1.807, 2.05) is 24.3 Å². The molecule has 1 aromatic heterocycles. The molecule has 32 heavy (non-hydrogen) atoms. The third-order valence-electron chi connectivity index (χ3n) is 5.99. The number of nitrogens with one attached hydrogen (secondary N) is 1. The minimum Gasteiger partial charge on any atom is -0.354 e. The molecule has 0 atom stereocenters. The minimum atomic E-state index is -0.476. The van der Waals surface area contributed by atoms with E-state index in [-0.39, 0.29) is 24.7 Å². The monoisotopic (exact) mass is 437 g/mol. The van der Waals surface area contributed by atoms with E-state index in [2.05, 4.69) is 20.3 Å². The molecule has 8 nitrogen and oxygen atoms in total. The summed E-state index contributed by atoms with van der Waals surface area (Å²) in [6, 6.07) is 12.2. The van der Waals surface area contributed by atoms with Gasteiger partial charge in [-0.3, -0.25) is 24.8 Å². The molecule has 3 aromatic rings. The van der Waals surface area contributed by atoms with Gasteiger partial charge < -0.3 is 4.52 Å². The van der Waals surface area contributed by atoms with Crippen molar-refractivity contribution in [3.8, 4) is 0 Å². The van der Waals surface area contributed by atoms with Crippen LogP contribution in [0.15, 0.2) is 47.0 Å². The van der Waals surface area contributed by atoms with Crippen LogP contribution in [0.4, 0.5) is 15.0 Å². The average molecular weight is 437 g/mol. The lowest BCUT2D eigenvalue weighted by Gasteiger charge is -2.34. The van der Waals surface area contributed by atoms with Crippen LogP contribution in [0.5, 0.6) is 0 Å². The number of urea groups is 1. The molecular formula is C23H24FN5O3. The quantitative estimate of drug-likeness (QED) is 0.661. The van der Waals surface area contributed by atoms with Gasteiger partial charge in [0.15, 0.2) is 11.4 Å². The molecule has 2 aliphatic rings. The summed E-state index contributed by atoms with van der Waals surface area (Å²) in [5.74, 6) is -0.0405. The van der Waals surface area contributed by atoms with Crippen LogP contribution in [0, 0.1) is 5.82 Å². The number of hydrogen-bond acceptors (Lipinski definition) is 6. The van der Waals surface area contributed by atoms with Crippen molar-refractivity contribution in [3.63, 3.8) is 0 Å². The fourth-order valence-corrected chi connectivity index (χ4v) is 4.29. The Balaban J connectivity index is 1.23. The molecule has 2 fully saturated rings. The third-order valence-corrected chi connectivity index (χ3v) is 5.99. The summed E-state index contributed by atoms with van der Waals surface area (Å²) < 4.78 is 18.8. The van der Waals surface area contributed by atoms with Gasteiger partial charge in [-0.25, -0.2) is 9.18 Å². The molecule has 0 spiro atoms. The molecule has 0 radical (unpaired) electrons. The number of rotatable bonds is 5. The highest BCUT2D eigenvalue weighted by Crippen LogP contribution is 2.28. The number of anilines is 1. The van der Waals surface area contributed by atoms with Crippen LogP contribution in [0.2, 0.25) is 0 Å². The highest BCUT2D eigenvalue weighted by molar-refractivity contribution is 6.08. The molecule has 0 bridgehead atoms. The number of nitrogens with zero attached hydrogens (tertiary/aromatic N) is 4. The maximum absolute atomic E-state index is 13.4. The summed E-state index contributed by atoms with van der Waals surface area (Å²) in [6.07, 6.45) is 0.236. The van der Waals surface area contributed by atoms with Gasteiger partial charge in [-0.05, 0) is 35.4 Å². The van der Waals surface area contributed by atoms with Gasteiger partial charge in [0, 0.05) is 52.2 Å². The van der Waals surface area contributed by atoms with Gasteiger partial charge in [-0.2, -0.15) is 0 Å². The number of hydrogen-bond donors (Lipinski definition) is 1.